The normalized spacial score (nSPS) is 15.7. The van der Waals surface area contributed by atoms with E-state index in [-0.39, 0.29) is 5.41 Å². The smallest absolute Gasteiger partial charge is 0.165 e. The number of benzene rings is 1. The molecule has 1 aliphatic heterocycles. The first-order chi connectivity index (χ1) is 14.2. The second-order valence-corrected chi connectivity index (χ2v) is 9.71. The number of nitrogens with zero attached hydrogens (tertiary/aromatic N) is 5. The minimum Gasteiger partial charge on any atom is -0.354 e. The van der Waals surface area contributed by atoms with E-state index in [1.807, 2.05) is 35.0 Å². The maximum absolute atomic E-state index is 6.09. The number of hydrogen-bond donors (Lipinski definition) is 0. The van der Waals surface area contributed by atoms with Gasteiger partial charge in [-0.2, -0.15) is 9.61 Å². The largest absolute Gasteiger partial charge is 0.354 e. The van der Waals surface area contributed by atoms with Crippen molar-refractivity contribution < 1.29 is 0 Å². The molecule has 0 spiro atoms. The molecular weight excluding hydrogens is 394 g/mol. The Morgan fingerprint density at radius 2 is 1.77 bits per heavy atom. The molecule has 0 unspecified atom stereocenters. The summed E-state index contributed by atoms with van der Waals surface area (Å²) in [7, 11) is 0. The van der Waals surface area contributed by atoms with Crippen LogP contribution in [0.4, 0.5) is 5.82 Å². The van der Waals surface area contributed by atoms with E-state index in [9.17, 15) is 0 Å². The lowest BCUT2D eigenvalue weighted by molar-refractivity contribution is 0.277. The SMILES string of the molecule is C=C(C)CN1CCN(c2cc(C(C)(C)C)nc3c(-c4ccc(Cl)cc4)cnn23)CC1. The molecule has 30 heavy (non-hydrogen) atoms. The van der Waals surface area contributed by atoms with Crippen LogP contribution in [-0.4, -0.2) is 52.2 Å². The number of aromatic nitrogens is 3. The first-order valence-electron chi connectivity index (χ1n) is 10.5. The molecule has 1 saturated heterocycles. The van der Waals surface area contributed by atoms with Crippen LogP contribution >= 0.6 is 11.6 Å². The third-order valence-electron chi connectivity index (χ3n) is 5.57. The summed E-state index contributed by atoms with van der Waals surface area (Å²) in [5, 5.41) is 5.46. The first kappa shape index (κ1) is 20.9. The van der Waals surface area contributed by atoms with Crippen LogP contribution in [-0.2, 0) is 5.41 Å². The molecule has 0 atom stereocenters. The lowest BCUT2D eigenvalue weighted by atomic mass is 9.91. The van der Waals surface area contributed by atoms with Gasteiger partial charge in [0.2, 0.25) is 0 Å². The molecule has 3 heterocycles. The molecule has 2 aromatic heterocycles. The van der Waals surface area contributed by atoms with Crippen molar-refractivity contribution in [2.75, 3.05) is 37.6 Å². The zero-order valence-corrected chi connectivity index (χ0v) is 19.1. The molecule has 6 heteroatoms. The molecule has 1 fully saturated rings. The van der Waals surface area contributed by atoms with E-state index >= 15 is 0 Å². The van der Waals surface area contributed by atoms with E-state index in [0.29, 0.717) is 0 Å². The molecule has 0 amide bonds. The Kier molecular flexibility index (Phi) is 5.60. The van der Waals surface area contributed by atoms with E-state index in [2.05, 4.69) is 50.1 Å². The zero-order chi connectivity index (χ0) is 21.5. The van der Waals surface area contributed by atoms with Gasteiger partial charge in [0.25, 0.3) is 0 Å². The summed E-state index contributed by atoms with van der Waals surface area (Å²) < 4.78 is 1.99. The van der Waals surface area contributed by atoms with Crippen molar-refractivity contribution in [2.24, 2.45) is 0 Å². The van der Waals surface area contributed by atoms with Gasteiger partial charge in [-0.25, -0.2) is 4.98 Å². The van der Waals surface area contributed by atoms with Crippen LogP contribution in [0, 0.1) is 0 Å². The molecule has 158 valence electrons. The van der Waals surface area contributed by atoms with Gasteiger partial charge < -0.3 is 4.90 Å². The summed E-state index contributed by atoms with van der Waals surface area (Å²) in [6.45, 7) is 17.7. The molecule has 1 aromatic carbocycles. The van der Waals surface area contributed by atoms with E-state index in [0.717, 1.165) is 66.0 Å². The van der Waals surface area contributed by atoms with Crippen molar-refractivity contribution in [2.45, 2.75) is 33.1 Å². The van der Waals surface area contributed by atoms with Crippen LogP contribution in [0.1, 0.15) is 33.4 Å². The van der Waals surface area contributed by atoms with Crippen LogP contribution in [0.25, 0.3) is 16.8 Å². The maximum Gasteiger partial charge on any atom is 0.165 e. The van der Waals surface area contributed by atoms with E-state index < -0.39 is 0 Å². The van der Waals surface area contributed by atoms with E-state index in [1.165, 1.54) is 5.57 Å². The lowest BCUT2D eigenvalue weighted by Crippen LogP contribution is -2.47. The Labute approximate surface area is 184 Å². The van der Waals surface area contributed by atoms with E-state index in [1.54, 1.807) is 0 Å². The highest BCUT2D eigenvalue weighted by atomic mass is 35.5. The Morgan fingerprint density at radius 1 is 1.10 bits per heavy atom. The van der Waals surface area contributed by atoms with Gasteiger partial charge in [-0.05, 0) is 24.6 Å². The van der Waals surface area contributed by atoms with Crippen molar-refractivity contribution in [1.82, 2.24) is 19.5 Å². The molecular formula is C24H30ClN5. The van der Waals surface area contributed by atoms with Gasteiger partial charge in [-0.1, -0.05) is 56.7 Å². The van der Waals surface area contributed by atoms with Crippen LogP contribution in [0.2, 0.25) is 5.02 Å². The average molecular weight is 424 g/mol. The standard InChI is InChI=1S/C24H30ClN5/c1-17(2)16-28-10-12-29(13-11-28)22-14-21(24(3,4)5)27-23-20(15-26-30(22)23)18-6-8-19(25)9-7-18/h6-9,14-15H,1,10-13,16H2,2-5H3. The quantitative estimate of drug-likeness (QED) is 0.550. The fraction of sp³-hybridized carbons (Fsp3) is 0.417. The van der Waals surface area contributed by atoms with Crippen molar-refractivity contribution in [1.29, 1.82) is 0 Å². The Bertz CT molecular complexity index is 1050. The van der Waals surface area contributed by atoms with Crippen LogP contribution in [0.15, 0.2) is 48.7 Å². The van der Waals surface area contributed by atoms with E-state index in [4.69, 9.17) is 21.7 Å². The minimum absolute atomic E-state index is 0.0557. The predicted octanol–water partition coefficient (Wildman–Crippen LogP) is 5.05. The monoisotopic (exact) mass is 423 g/mol. The summed E-state index contributed by atoms with van der Waals surface area (Å²) in [4.78, 5) is 9.92. The summed E-state index contributed by atoms with van der Waals surface area (Å²) in [5.74, 6) is 1.11. The fourth-order valence-corrected chi connectivity index (χ4v) is 4.03. The molecule has 3 aromatic rings. The second-order valence-electron chi connectivity index (χ2n) is 9.27. The average Bonchev–Trinajstić information content (AvgIpc) is 3.11. The van der Waals surface area contributed by atoms with Gasteiger partial charge in [0.05, 0.1) is 11.9 Å². The molecule has 0 radical (unpaired) electrons. The summed E-state index contributed by atoms with van der Waals surface area (Å²) >= 11 is 6.09. The van der Waals surface area contributed by atoms with Gasteiger partial charge in [-0.15, -0.1) is 0 Å². The van der Waals surface area contributed by atoms with Gasteiger partial charge in [0.1, 0.15) is 5.82 Å². The Hall–Kier alpha value is -2.37. The Balaban J connectivity index is 1.76. The van der Waals surface area contributed by atoms with Crippen LogP contribution < -0.4 is 4.90 Å². The first-order valence-corrected chi connectivity index (χ1v) is 10.9. The number of fused-ring (bicyclic) bond motifs is 1. The summed E-state index contributed by atoms with van der Waals surface area (Å²) in [6, 6.07) is 10.1. The minimum atomic E-state index is -0.0557. The third-order valence-corrected chi connectivity index (χ3v) is 5.82. The molecule has 0 aliphatic carbocycles. The molecule has 0 N–H and O–H groups in total. The molecule has 4 rings (SSSR count). The van der Waals surface area contributed by atoms with Crippen molar-refractivity contribution in [3.8, 4) is 11.1 Å². The van der Waals surface area contributed by atoms with Gasteiger partial charge in [-0.3, -0.25) is 4.90 Å². The van der Waals surface area contributed by atoms with Crippen molar-refractivity contribution in [3.05, 3.63) is 59.4 Å². The molecule has 0 bridgehead atoms. The second kappa shape index (κ2) is 8.05. The van der Waals surface area contributed by atoms with Crippen molar-refractivity contribution in [3.63, 3.8) is 0 Å². The van der Waals surface area contributed by atoms with Gasteiger partial charge in [0.15, 0.2) is 5.65 Å². The number of rotatable bonds is 4. The molecule has 5 nitrogen and oxygen atoms in total. The van der Waals surface area contributed by atoms with Gasteiger partial charge in [0, 0.05) is 54.8 Å². The number of anilines is 1. The fourth-order valence-electron chi connectivity index (χ4n) is 3.91. The maximum atomic E-state index is 6.09. The lowest BCUT2D eigenvalue weighted by Gasteiger charge is -2.36. The number of halogens is 1. The number of piperazine rings is 1. The highest BCUT2D eigenvalue weighted by Crippen LogP contribution is 2.31. The predicted molar refractivity (Wildman–Crippen MR) is 126 cm³/mol. The third kappa shape index (κ3) is 4.23. The summed E-state index contributed by atoms with van der Waals surface area (Å²) in [6.07, 6.45) is 1.92. The zero-order valence-electron chi connectivity index (χ0n) is 18.3. The molecule has 0 saturated carbocycles. The molecule has 1 aliphatic rings. The topological polar surface area (TPSA) is 36.7 Å². The van der Waals surface area contributed by atoms with Crippen LogP contribution in [0.5, 0.6) is 0 Å². The highest BCUT2D eigenvalue weighted by Gasteiger charge is 2.25. The summed E-state index contributed by atoms with van der Waals surface area (Å²) in [5.41, 5.74) is 5.23. The van der Waals surface area contributed by atoms with Crippen LogP contribution in [0.3, 0.4) is 0 Å². The Morgan fingerprint density at radius 3 is 2.37 bits per heavy atom. The number of hydrogen-bond acceptors (Lipinski definition) is 4. The van der Waals surface area contributed by atoms with Gasteiger partial charge >= 0.3 is 0 Å². The highest BCUT2D eigenvalue weighted by molar-refractivity contribution is 6.30. The van der Waals surface area contributed by atoms with Crippen molar-refractivity contribution >= 4 is 23.1 Å².